The van der Waals surface area contributed by atoms with Crippen molar-refractivity contribution in [2.75, 3.05) is 6.98 Å². The lowest BCUT2D eigenvalue weighted by atomic mass is 11.5. The molecule has 0 rings (SSSR count). The van der Waals surface area contributed by atoms with E-state index in [-0.39, 0.29) is 0 Å². The summed E-state index contributed by atoms with van der Waals surface area (Å²) in [6.07, 6.45) is 0. The molecule has 4 heteroatoms. The topological polar surface area (TPSA) is 55.2 Å². The standard InChI is InChI=1S/CH4N2O2/c1-2-3(4)5/h2H,1H3/i1D3. The SMILES string of the molecule is [2H]C([2H])([2H])N[N+](=O)[O-]. The van der Waals surface area contributed by atoms with Crippen LogP contribution in [0.5, 0.6) is 0 Å². The van der Waals surface area contributed by atoms with Gasteiger partial charge < -0.3 is 0 Å². The van der Waals surface area contributed by atoms with Crippen molar-refractivity contribution in [1.29, 1.82) is 0 Å². The van der Waals surface area contributed by atoms with Crippen molar-refractivity contribution in [2.24, 2.45) is 0 Å². The molecule has 0 aliphatic rings. The molecule has 0 bridgehead atoms. The fraction of sp³-hybridized carbons (Fsp3) is 1.00. The fourth-order valence-corrected chi connectivity index (χ4v) is 0. The summed E-state index contributed by atoms with van der Waals surface area (Å²) in [5.41, 5.74) is 1.10. The van der Waals surface area contributed by atoms with Gasteiger partial charge in [-0.1, -0.05) is 0 Å². The lowest BCUT2D eigenvalue weighted by Gasteiger charge is -1.76. The Hall–Kier alpha value is -0.800. The van der Waals surface area contributed by atoms with Crippen molar-refractivity contribution in [1.82, 2.24) is 5.43 Å². The van der Waals surface area contributed by atoms with Gasteiger partial charge in [-0.2, -0.15) is 0 Å². The van der Waals surface area contributed by atoms with Gasteiger partial charge in [0, 0.05) is 0 Å². The van der Waals surface area contributed by atoms with Crippen molar-refractivity contribution in [3.63, 3.8) is 0 Å². The number of rotatable bonds is 1. The summed E-state index contributed by atoms with van der Waals surface area (Å²) in [6.45, 7) is -2.68. The Bertz CT molecular complexity index is 97.9. The fourth-order valence-electron chi connectivity index (χ4n) is 0. The van der Waals surface area contributed by atoms with E-state index in [1.165, 1.54) is 0 Å². The van der Waals surface area contributed by atoms with Crippen LogP contribution in [0.15, 0.2) is 0 Å². The molecule has 0 amide bonds. The van der Waals surface area contributed by atoms with E-state index in [1.807, 2.05) is 0 Å². The van der Waals surface area contributed by atoms with E-state index in [0.29, 0.717) is 0 Å². The first-order valence-corrected chi connectivity index (χ1v) is 0.839. The highest BCUT2D eigenvalue weighted by molar-refractivity contribution is 3.95. The highest BCUT2D eigenvalue weighted by Gasteiger charge is 1.72. The number of hydrogen-bond acceptors (Lipinski definition) is 2. The van der Waals surface area contributed by atoms with Crippen LogP contribution in [0, 0.1) is 10.1 Å². The summed E-state index contributed by atoms with van der Waals surface area (Å²) in [5, 5.41) is 8.25. The number of hydrogen-bond donors (Lipinski definition) is 1. The van der Waals surface area contributed by atoms with Gasteiger partial charge in [0.15, 0.2) is 5.03 Å². The molecule has 0 radical (unpaired) electrons. The summed E-state index contributed by atoms with van der Waals surface area (Å²) >= 11 is 0. The lowest BCUT2D eigenvalue weighted by molar-refractivity contribution is -0.538. The van der Waals surface area contributed by atoms with Crippen LogP contribution < -0.4 is 5.43 Å². The first kappa shape index (κ1) is 1.12. The highest BCUT2D eigenvalue weighted by atomic mass is 16.7. The van der Waals surface area contributed by atoms with E-state index >= 15 is 0 Å². The van der Waals surface area contributed by atoms with Gasteiger partial charge in [0.1, 0.15) is 0 Å². The van der Waals surface area contributed by atoms with E-state index in [4.69, 9.17) is 4.11 Å². The van der Waals surface area contributed by atoms with Crippen LogP contribution in [0.3, 0.4) is 0 Å². The molecule has 0 heterocycles. The van der Waals surface area contributed by atoms with Gasteiger partial charge in [0.2, 0.25) is 0 Å². The van der Waals surface area contributed by atoms with Crippen molar-refractivity contribution in [3.05, 3.63) is 10.1 Å². The third-order valence-corrected chi connectivity index (χ3v) is 0.0913. The van der Waals surface area contributed by atoms with Crippen molar-refractivity contribution in [3.8, 4) is 0 Å². The van der Waals surface area contributed by atoms with E-state index in [1.54, 1.807) is 0 Å². The molecule has 0 saturated carbocycles. The Morgan fingerprint density at radius 2 is 3.00 bits per heavy atom. The van der Waals surface area contributed by atoms with Crippen molar-refractivity contribution < 1.29 is 9.14 Å². The zero-order valence-corrected chi connectivity index (χ0v) is 2.26. The zero-order chi connectivity index (χ0) is 6.78. The molecule has 0 unspecified atom stereocenters. The Balaban J connectivity index is 3.55. The molecule has 5 heavy (non-hydrogen) atoms. The Morgan fingerprint density at radius 1 is 2.40 bits per heavy atom. The second-order valence-corrected chi connectivity index (χ2v) is 0.369. The third-order valence-electron chi connectivity index (χ3n) is 0.0913. The van der Waals surface area contributed by atoms with Crippen LogP contribution in [0.2, 0.25) is 0 Å². The average molecular weight is 79.1 g/mol. The van der Waals surface area contributed by atoms with E-state index in [2.05, 4.69) is 0 Å². The van der Waals surface area contributed by atoms with Gasteiger partial charge in [-0.25, -0.2) is 10.1 Å². The second kappa shape index (κ2) is 1.51. The van der Waals surface area contributed by atoms with Crippen LogP contribution in [-0.4, -0.2) is 12.0 Å². The molecule has 0 aliphatic heterocycles. The lowest BCUT2D eigenvalue weighted by Crippen LogP contribution is -2.13. The smallest absolute Gasteiger partial charge is 0.157 e. The molecule has 4 nitrogen and oxygen atoms in total. The van der Waals surface area contributed by atoms with Crippen LogP contribution >= 0.6 is 0 Å². The van der Waals surface area contributed by atoms with Gasteiger partial charge in [-0.05, 0) is 0 Å². The molecule has 0 atom stereocenters. The average Bonchev–Trinajstić information content (AvgIpc) is 1.21. The number of nitrogens with zero attached hydrogens (tertiary/aromatic N) is 1. The van der Waals surface area contributed by atoms with Gasteiger partial charge >= 0.3 is 0 Å². The van der Waals surface area contributed by atoms with E-state index < -0.39 is 12.0 Å². The van der Waals surface area contributed by atoms with Crippen molar-refractivity contribution in [2.45, 2.75) is 0 Å². The number of nitrogens with one attached hydrogen (secondary N) is 1. The molecule has 0 aromatic heterocycles. The summed E-state index contributed by atoms with van der Waals surface area (Å²) < 4.78 is 18.7. The molecular formula is CH4N2O2. The maximum atomic E-state index is 9.35. The summed E-state index contributed by atoms with van der Waals surface area (Å²) in [5.74, 6) is 0. The molecule has 0 aromatic carbocycles. The van der Waals surface area contributed by atoms with Crippen LogP contribution in [-0.2, 0) is 0 Å². The Morgan fingerprint density at radius 3 is 3.00 bits per heavy atom. The maximum Gasteiger partial charge on any atom is 0.157 e. The minimum atomic E-state index is -2.68. The highest BCUT2D eigenvalue weighted by Crippen LogP contribution is 1.41. The molecule has 0 spiro atoms. The van der Waals surface area contributed by atoms with Crippen LogP contribution in [0.4, 0.5) is 0 Å². The zero-order valence-electron chi connectivity index (χ0n) is 5.26. The van der Waals surface area contributed by atoms with Gasteiger partial charge in [0.25, 0.3) is 0 Å². The minimum absolute atomic E-state index is 1.10. The summed E-state index contributed by atoms with van der Waals surface area (Å²) in [6, 6.07) is 0. The normalized spacial score (nSPS) is 18.0. The molecule has 0 aliphatic carbocycles. The Kier molecular flexibility index (Phi) is 0.338. The Labute approximate surface area is 33.1 Å². The summed E-state index contributed by atoms with van der Waals surface area (Å²) in [4.78, 5) is 9.35. The quantitative estimate of drug-likeness (QED) is 0.337. The second-order valence-electron chi connectivity index (χ2n) is 0.369. The molecule has 30 valence electrons. The predicted octanol–water partition coefficient (Wildman–Crippen LogP) is -0.603. The monoisotopic (exact) mass is 79.0 g/mol. The maximum absolute atomic E-state index is 9.35. The molecule has 0 fully saturated rings. The molecule has 0 aromatic rings. The van der Waals surface area contributed by atoms with Crippen LogP contribution in [0.1, 0.15) is 4.11 Å². The van der Waals surface area contributed by atoms with Gasteiger partial charge in [0.05, 0.1) is 11.1 Å². The minimum Gasteiger partial charge on any atom is -0.235 e. The van der Waals surface area contributed by atoms with Crippen LogP contribution in [0.25, 0.3) is 0 Å². The first-order chi connectivity index (χ1) is 3.42. The number of hydrazine groups is 1. The summed E-state index contributed by atoms with van der Waals surface area (Å²) in [7, 11) is 0. The first-order valence-electron chi connectivity index (χ1n) is 2.34. The molecule has 1 N–H and O–H groups in total. The number of nitro groups is 1. The molecule has 0 saturated heterocycles. The van der Waals surface area contributed by atoms with Gasteiger partial charge in [-0.3, -0.25) is 0 Å². The van der Waals surface area contributed by atoms with E-state index in [0.717, 1.165) is 5.43 Å². The predicted molar refractivity (Wildman–Crippen MR) is 16.1 cm³/mol. The molecular weight excluding hydrogens is 72.0 g/mol. The third kappa shape index (κ3) is 3.20. The largest absolute Gasteiger partial charge is 0.235 e. The van der Waals surface area contributed by atoms with Crippen molar-refractivity contribution >= 4 is 0 Å². The van der Waals surface area contributed by atoms with E-state index in [9.17, 15) is 10.1 Å². The van der Waals surface area contributed by atoms with Gasteiger partial charge in [-0.15, -0.1) is 5.43 Å².